The van der Waals surface area contributed by atoms with Gasteiger partial charge in [-0.2, -0.15) is 0 Å². The van der Waals surface area contributed by atoms with Gasteiger partial charge < -0.3 is 10.1 Å². The van der Waals surface area contributed by atoms with Gasteiger partial charge in [0.2, 0.25) is 0 Å². The number of halogens is 1. The molecule has 2 heterocycles. The fourth-order valence-electron chi connectivity index (χ4n) is 3.31. The maximum atomic E-state index is 14.5. The summed E-state index contributed by atoms with van der Waals surface area (Å²) in [5.74, 6) is 1.47. The first-order valence-electron chi connectivity index (χ1n) is 7.41. The lowest BCUT2D eigenvalue weighted by atomic mass is 9.83. The fraction of sp³-hybridized carbons (Fsp3) is 0.625. The van der Waals surface area contributed by atoms with Gasteiger partial charge in [0.05, 0.1) is 6.61 Å². The molecule has 104 valence electrons. The molecule has 0 bridgehead atoms. The van der Waals surface area contributed by atoms with Crippen molar-refractivity contribution in [3.05, 3.63) is 29.8 Å². The summed E-state index contributed by atoms with van der Waals surface area (Å²) >= 11 is 0. The zero-order valence-electron chi connectivity index (χ0n) is 11.3. The zero-order valence-corrected chi connectivity index (χ0v) is 11.3. The highest BCUT2D eigenvalue weighted by atomic mass is 19.1. The van der Waals surface area contributed by atoms with Crippen molar-refractivity contribution in [3.63, 3.8) is 0 Å². The summed E-state index contributed by atoms with van der Waals surface area (Å²) in [7, 11) is 0. The van der Waals surface area contributed by atoms with Gasteiger partial charge in [-0.05, 0) is 49.8 Å². The molecule has 2 nitrogen and oxygen atoms in total. The summed E-state index contributed by atoms with van der Waals surface area (Å²) in [6, 6.07) is 8.09. The number of rotatable bonds is 3. The van der Waals surface area contributed by atoms with Crippen LogP contribution in [0.1, 0.15) is 37.2 Å². The molecule has 2 aliphatic rings. The third kappa shape index (κ3) is 2.92. The molecule has 19 heavy (non-hydrogen) atoms. The lowest BCUT2D eigenvalue weighted by Crippen LogP contribution is -2.36. The van der Waals surface area contributed by atoms with Crippen molar-refractivity contribution < 1.29 is 9.13 Å². The molecular weight excluding hydrogens is 241 g/mol. The zero-order chi connectivity index (χ0) is 13.1. The molecular formula is C16H22FNO. The third-order valence-corrected chi connectivity index (χ3v) is 4.44. The maximum absolute atomic E-state index is 14.5. The summed E-state index contributed by atoms with van der Waals surface area (Å²) in [6.07, 6.45) is 3.03. The van der Waals surface area contributed by atoms with Crippen LogP contribution in [0.15, 0.2) is 24.3 Å². The number of piperidine rings is 1. The van der Waals surface area contributed by atoms with E-state index in [-0.39, 0.29) is 5.92 Å². The first kappa shape index (κ1) is 12.9. The smallest absolute Gasteiger partial charge is 0.122 e. The predicted octanol–water partition coefficient (Wildman–Crippen LogP) is 3.28. The molecule has 1 aromatic rings. The van der Waals surface area contributed by atoms with Gasteiger partial charge in [-0.1, -0.05) is 18.2 Å². The first-order valence-corrected chi connectivity index (χ1v) is 7.41. The van der Waals surface area contributed by atoms with Crippen LogP contribution in [0, 0.1) is 5.92 Å². The average Bonchev–Trinajstić information content (AvgIpc) is 2.48. The van der Waals surface area contributed by atoms with Gasteiger partial charge in [-0.3, -0.25) is 0 Å². The maximum Gasteiger partial charge on any atom is 0.122 e. The largest absolute Gasteiger partial charge is 0.493 e. The number of hydrogen-bond acceptors (Lipinski definition) is 2. The Kier molecular flexibility index (Phi) is 4.02. The van der Waals surface area contributed by atoms with Crippen molar-refractivity contribution >= 4 is 0 Å². The van der Waals surface area contributed by atoms with E-state index in [1.54, 1.807) is 0 Å². The standard InChI is InChI=1S/C16H22FNO/c17-15(13-4-3-8-18-11-13)10-12-7-9-19-16-6-2-1-5-14(12)16/h1-2,5-6,12-13,15,18H,3-4,7-11H2. The van der Waals surface area contributed by atoms with Crippen LogP contribution in [0.3, 0.4) is 0 Å². The summed E-state index contributed by atoms with van der Waals surface area (Å²) in [4.78, 5) is 0. The molecule has 1 saturated heterocycles. The van der Waals surface area contributed by atoms with Gasteiger partial charge in [0.15, 0.2) is 0 Å². The number of benzene rings is 1. The molecule has 0 aromatic heterocycles. The number of nitrogens with one attached hydrogen (secondary N) is 1. The molecule has 2 aliphatic heterocycles. The molecule has 0 amide bonds. The molecule has 3 atom stereocenters. The second kappa shape index (κ2) is 5.91. The number of fused-ring (bicyclic) bond motifs is 1. The predicted molar refractivity (Wildman–Crippen MR) is 74.4 cm³/mol. The summed E-state index contributed by atoms with van der Waals surface area (Å²) in [5, 5.41) is 3.31. The van der Waals surface area contributed by atoms with E-state index < -0.39 is 6.17 Å². The van der Waals surface area contributed by atoms with E-state index in [0.29, 0.717) is 12.3 Å². The second-order valence-corrected chi connectivity index (χ2v) is 5.73. The van der Waals surface area contributed by atoms with Crippen molar-refractivity contribution in [1.29, 1.82) is 0 Å². The summed E-state index contributed by atoms with van der Waals surface area (Å²) in [6.45, 7) is 2.60. The van der Waals surface area contributed by atoms with Gasteiger partial charge in [0, 0.05) is 12.5 Å². The monoisotopic (exact) mass is 263 g/mol. The normalized spacial score (nSPS) is 28.3. The Morgan fingerprint density at radius 3 is 3.05 bits per heavy atom. The molecule has 3 heteroatoms. The molecule has 3 unspecified atom stereocenters. The number of para-hydroxylation sites is 1. The Labute approximate surface area is 114 Å². The van der Waals surface area contributed by atoms with Crippen LogP contribution in [0.2, 0.25) is 0 Å². The Balaban J connectivity index is 1.66. The highest BCUT2D eigenvalue weighted by molar-refractivity contribution is 5.37. The lowest BCUT2D eigenvalue weighted by Gasteiger charge is -2.31. The van der Waals surface area contributed by atoms with Gasteiger partial charge in [-0.25, -0.2) is 4.39 Å². The molecule has 0 aliphatic carbocycles. The van der Waals surface area contributed by atoms with E-state index in [9.17, 15) is 4.39 Å². The van der Waals surface area contributed by atoms with E-state index in [2.05, 4.69) is 11.4 Å². The van der Waals surface area contributed by atoms with E-state index >= 15 is 0 Å². The van der Waals surface area contributed by atoms with Crippen LogP contribution in [-0.2, 0) is 0 Å². The van der Waals surface area contributed by atoms with Crippen molar-refractivity contribution in [2.24, 2.45) is 5.92 Å². The van der Waals surface area contributed by atoms with Crippen LogP contribution in [-0.4, -0.2) is 25.9 Å². The van der Waals surface area contributed by atoms with Crippen molar-refractivity contribution in [1.82, 2.24) is 5.32 Å². The molecule has 0 saturated carbocycles. The van der Waals surface area contributed by atoms with Crippen LogP contribution in [0.25, 0.3) is 0 Å². The van der Waals surface area contributed by atoms with Crippen LogP contribution in [0.5, 0.6) is 5.75 Å². The van der Waals surface area contributed by atoms with Gasteiger partial charge in [0.1, 0.15) is 11.9 Å². The van der Waals surface area contributed by atoms with E-state index in [1.807, 2.05) is 18.2 Å². The Morgan fingerprint density at radius 2 is 2.21 bits per heavy atom. The minimum absolute atomic E-state index is 0.198. The van der Waals surface area contributed by atoms with Gasteiger partial charge in [0.25, 0.3) is 0 Å². The SMILES string of the molecule is FC(CC1CCOc2ccccc21)C1CCCNC1. The molecule has 1 aromatic carbocycles. The Hall–Kier alpha value is -1.09. The quantitative estimate of drug-likeness (QED) is 0.903. The highest BCUT2D eigenvalue weighted by Crippen LogP contribution is 2.38. The minimum Gasteiger partial charge on any atom is -0.493 e. The van der Waals surface area contributed by atoms with Crippen LogP contribution in [0.4, 0.5) is 4.39 Å². The number of alkyl halides is 1. The Morgan fingerprint density at radius 1 is 1.32 bits per heavy atom. The van der Waals surface area contributed by atoms with E-state index in [4.69, 9.17) is 4.74 Å². The molecule has 3 rings (SSSR count). The van der Waals surface area contributed by atoms with Crippen molar-refractivity contribution in [2.45, 2.75) is 37.8 Å². The van der Waals surface area contributed by atoms with E-state index in [0.717, 1.165) is 44.7 Å². The molecule has 1 N–H and O–H groups in total. The number of ether oxygens (including phenoxy) is 1. The van der Waals surface area contributed by atoms with Crippen molar-refractivity contribution in [3.8, 4) is 5.75 Å². The molecule has 0 spiro atoms. The summed E-state index contributed by atoms with van der Waals surface area (Å²) in [5.41, 5.74) is 1.19. The lowest BCUT2D eigenvalue weighted by molar-refractivity contribution is 0.159. The topological polar surface area (TPSA) is 21.3 Å². The van der Waals surface area contributed by atoms with E-state index in [1.165, 1.54) is 5.56 Å². The second-order valence-electron chi connectivity index (χ2n) is 5.73. The Bertz CT molecular complexity index is 417. The molecule has 0 radical (unpaired) electrons. The average molecular weight is 263 g/mol. The number of hydrogen-bond donors (Lipinski definition) is 1. The van der Waals surface area contributed by atoms with Crippen LogP contribution < -0.4 is 10.1 Å². The summed E-state index contributed by atoms with van der Waals surface area (Å²) < 4.78 is 20.1. The highest BCUT2D eigenvalue weighted by Gasteiger charge is 2.29. The van der Waals surface area contributed by atoms with Gasteiger partial charge >= 0.3 is 0 Å². The third-order valence-electron chi connectivity index (χ3n) is 4.44. The fourth-order valence-corrected chi connectivity index (χ4v) is 3.31. The van der Waals surface area contributed by atoms with Crippen molar-refractivity contribution in [2.75, 3.05) is 19.7 Å². The van der Waals surface area contributed by atoms with Crippen LogP contribution >= 0.6 is 0 Å². The minimum atomic E-state index is -0.691. The van der Waals surface area contributed by atoms with Gasteiger partial charge in [-0.15, -0.1) is 0 Å². The molecule has 1 fully saturated rings. The first-order chi connectivity index (χ1) is 9.34.